The number of carbonyl (C=O) groups excluding carboxylic acids is 1. The van der Waals surface area contributed by atoms with E-state index in [1.54, 1.807) is 0 Å². The summed E-state index contributed by atoms with van der Waals surface area (Å²) < 4.78 is 5.16. The summed E-state index contributed by atoms with van der Waals surface area (Å²) in [6.07, 6.45) is 1.12. The lowest BCUT2D eigenvalue weighted by Gasteiger charge is -2.31. The van der Waals surface area contributed by atoms with Crippen molar-refractivity contribution in [2.24, 2.45) is 0 Å². The Morgan fingerprint density at radius 3 is 2.35 bits per heavy atom. The molecule has 0 fully saturated rings. The first-order valence-electron chi connectivity index (χ1n) is 6.42. The van der Waals surface area contributed by atoms with Crippen molar-refractivity contribution in [1.29, 1.82) is 0 Å². The molecule has 0 aromatic carbocycles. The molecule has 0 aromatic rings. The second-order valence-electron chi connectivity index (χ2n) is 4.88. The second kappa shape index (κ2) is 7.98. The lowest BCUT2D eigenvalue weighted by atomic mass is 10.0. The molecule has 102 valence electrons. The summed E-state index contributed by atoms with van der Waals surface area (Å²) in [5.41, 5.74) is -0.585. The molecule has 17 heavy (non-hydrogen) atoms. The Morgan fingerprint density at radius 1 is 1.35 bits per heavy atom. The van der Waals surface area contributed by atoms with Crippen LogP contribution in [0.1, 0.15) is 48.0 Å². The van der Waals surface area contributed by atoms with Crippen LogP contribution < -0.4 is 5.32 Å². The van der Waals surface area contributed by atoms with Crippen LogP contribution in [0.25, 0.3) is 0 Å². The van der Waals surface area contributed by atoms with Crippen LogP contribution in [0, 0.1) is 0 Å². The summed E-state index contributed by atoms with van der Waals surface area (Å²) in [4.78, 5) is 12.0. The van der Waals surface area contributed by atoms with E-state index in [1.165, 1.54) is 0 Å². The summed E-state index contributed by atoms with van der Waals surface area (Å²) in [7, 11) is 0. The average molecular weight is 261 g/mol. The summed E-state index contributed by atoms with van der Waals surface area (Å²) in [6.45, 7) is 12.6. The van der Waals surface area contributed by atoms with Gasteiger partial charge >= 0.3 is 5.97 Å². The minimum atomic E-state index is -0.585. The van der Waals surface area contributed by atoms with Crippen molar-refractivity contribution in [1.82, 2.24) is 5.32 Å². The number of ether oxygens (including phenoxy) is 1. The summed E-state index contributed by atoms with van der Waals surface area (Å²) >= 11 is 1.82. The van der Waals surface area contributed by atoms with E-state index in [2.05, 4.69) is 19.2 Å². The second-order valence-corrected chi connectivity index (χ2v) is 6.31. The molecule has 0 saturated heterocycles. The molecule has 0 aliphatic heterocycles. The van der Waals surface area contributed by atoms with Gasteiger partial charge in [0.2, 0.25) is 0 Å². The highest BCUT2D eigenvalue weighted by Gasteiger charge is 2.35. The third-order valence-corrected chi connectivity index (χ3v) is 4.21. The summed E-state index contributed by atoms with van der Waals surface area (Å²) in [6, 6.07) is 0.266. The first-order chi connectivity index (χ1) is 7.85. The van der Waals surface area contributed by atoms with Gasteiger partial charge in [0.25, 0.3) is 0 Å². The van der Waals surface area contributed by atoms with Crippen LogP contribution in [0.5, 0.6) is 0 Å². The van der Waals surface area contributed by atoms with Gasteiger partial charge in [0.15, 0.2) is 0 Å². The Kier molecular flexibility index (Phi) is 7.88. The maximum atomic E-state index is 12.0. The topological polar surface area (TPSA) is 38.3 Å². The molecule has 0 aliphatic carbocycles. The molecule has 3 nitrogen and oxygen atoms in total. The standard InChI is InChI=1S/C13H27NO2S/c1-7-11(5)17-9-13(6,14-10(3)4)12(15)16-8-2/h10-11,14H,7-9H2,1-6H3. The third kappa shape index (κ3) is 6.32. The first-order valence-corrected chi connectivity index (χ1v) is 7.47. The fourth-order valence-corrected chi connectivity index (χ4v) is 2.57. The van der Waals surface area contributed by atoms with Crippen molar-refractivity contribution < 1.29 is 9.53 Å². The van der Waals surface area contributed by atoms with Crippen LogP contribution >= 0.6 is 11.8 Å². The SMILES string of the molecule is CCOC(=O)C(C)(CSC(C)CC)NC(C)C. The average Bonchev–Trinajstić information content (AvgIpc) is 2.25. The minimum Gasteiger partial charge on any atom is -0.465 e. The number of carbonyl (C=O) groups is 1. The number of hydrogen-bond donors (Lipinski definition) is 1. The van der Waals surface area contributed by atoms with Gasteiger partial charge in [-0.2, -0.15) is 11.8 Å². The highest BCUT2D eigenvalue weighted by Crippen LogP contribution is 2.21. The Hall–Kier alpha value is -0.220. The number of rotatable bonds is 8. The fraction of sp³-hybridized carbons (Fsp3) is 0.923. The van der Waals surface area contributed by atoms with Gasteiger partial charge in [-0.1, -0.05) is 13.8 Å². The zero-order valence-corrected chi connectivity index (χ0v) is 12.8. The van der Waals surface area contributed by atoms with Crippen molar-refractivity contribution in [2.75, 3.05) is 12.4 Å². The van der Waals surface area contributed by atoms with Crippen LogP contribution in [0.4, 0.5) is 0 Å². The molecule has 0 spiro atoms. The third-order valence-electron chi connectivity index (χ3n) is 2.56. The Labute approximate surface area is 110 Å². The van der Waals surface area contributed by atoms with E-state index in [4.69, 9.17) is 4.74 Å². The van der Waals surface area contributed by atoms with E-state index in [1.807, 2.05) is 39.5 Å². The molecule has 0 bridgehead atoms. The van der Waals surface area contributed by atoms with Gasteiger partial charge in [-0.15, -0.1) is 0 Å². The van der Waals surface area contributed by atoms with Gasteiger partial charge < -0.3 is 4.74 Å². The number of nitrogens with one attached hydrogen (secondary N) is 1. The quantitative estimate of drug-likeness (QED) is 0.682. The molecule has 0 amide bonds. The van der Waals surface area contributed by atoms with Gasteiger partial charge in [-0.05, 0) is 34.1 Å². The Bertz CT molecular complexity index is 233. The molecule has 4 heteroatoms. The molecule has 1 N–H and O–H groups in total. The van der Waals surface area contributed by atoms with Crippen LogP contribution in [-0.2, 0) is 9.53 Å². The van der Waals surface area contributed by atoms with Crippen LogP contribution in [0.15, 0.2) is 0 Å². The summed E-state index contributed by atoms with van der Waals surface area (Å²) in [5.74, 6) is 0.600. The van der Waals surface area contributed by atoms with Crippen LogP contribution in [0.3, 0.4) is 0 Å². The van der Waals surface area contributed by atoms with E-state index in [0.717, 1.165) is 12.2 Å². The molecule has 0 heterocycles. The van der Waals surface area contributed by atoms with Gasteiger partial charge in [0, 0.05) is 17.0 Å². The highest BCUT2D eigenvalue weighted by molar-refractivity contribution is 7.99. The molecular formula is C13H27NO2S. The molecular weight excluding hydrogens is 234 g/mol. The minimum absolute atomic E-state index is 0.149. The zero-order chi connectivity index (χ0) is 13.5. The highest BCUT2D eigenvalue weighted by atomic mass is 32.2. The monoisotopic (exact) mass is 261 g/mol. The largest absolute Gasteiger partial charge is 0.465 e. The lowest BCUT2D eigenvalue weighted by Crippen LogP contribution is -2.55. The number of hydrogen-bond acceptors (Lipinski definition) is 4. The maximum Gasteiger partial charge on any atom is 0.326 e. The maximum absolute atomic E-state index is 12.0. The van der Waals surface area contributed by atoms with E-state index in [-0.39, 0.29) is 12.0 Å². The smallest absolute Gasteiger partial charge is 0.326 e. The molecule has 0 aromatic heterocycles. The number of thioether (sulfide) groups is 1. The van der Waals surface area contributed by atoms with Crippen molar-refractivity contribution in [3.63, 3.8) is 0 Å². The van der Waals surface area contributed by atoms with Crippen LogP contribution in [0.2, 0.25) is 0 Å². The van der Waals surface area contributed by atoms with Crippen LogP contribution in [-0.4, -0.2) is 35.2 Å². The lowest BCUT2D eigenvalue weighted by molar-refractivity contribution is -0.149. The molecule has 0 saturated carbocycles. The van der Waals surface area contributed by atoms with Crippen molar-refractivity contribution in [2.45, 2.75) is 64.8 Å². The predicted octanol–water partition coefficient (Wildman–Crippen LogP) is 2.84. The summed E-state index contributed by atoms with van der Waals surface area (Å²) in [5, 5.41) is 3.89. The van der Waals surface area contributed by atoms with Gasteiger partial charge in [-0.25, -0.2) is 0 Å². The fourth-order valence-electron chi connectivity index (χ4n) is 1.51. The normalized spacial score (nSPS) is 16.6. The van der Waals surface area contributed by atoms with E-state index in [9.17, 15) is 4.79 Å². The van der Waals surface area contributed by atoms with Gasteiger partial charge in [-0.3, -0.25) is 10.1 Å². The molecule has 0 radical (unpaired) electrons. The molecule has 2 atom stereocenters. The van der Waals surface area contributed by atoms with Crippen molar-refractivity contribution in [3.05, 3.63) is 0 Å². The zero-order valence-electron chi connectivity index (χ0n) is 12.0. The van der Waals surface area contributed by atoms with E-state index in [0.29, 0.717) is 11.9 Å². The van der Waals surface area contributed by atoms with E-state index < -0.39 is 5.54 Å². The van der Waals surface area contributed by atoms with E-state index >= 15 is 0 Å². The molecule has 0 rings (SSSR count). The van der Waals surface area contributed by atoms with Gasteiger partial charge in [0.05, 0.1) is 6.61 Å². The van der Waals surface area contributed by atoms with Crippen molar-refractivity contribution >= 4 is 17.7 Å². The Balaban J connectivity index is 4.54. The molecule has 2 unspecified atom stereocenters. The first kappa shape index (κ1) is 16.8. The molecule has 0 aliphatic rings. The van der Waals surface area contributed by atoms with Crippen molar-refractivity contribution in [3.8, 4) is 0 Å². The van der Waals surface area contributed by atoms with Gasteiger partial charge in [0.1, 0.15) is 5.54 Å². The Morgan fingerprint density at radius 2 is 1.94 bits per heavy atom. The number of esters is 1. The predicted molar refractivity (Wildman–Crippen MR) is 75.5 cm³/mol.